The number of sulfone groups is 1. The van der Waals surface area contributed by atoms with Crippen LogP contribution in [0.15, 0.2) is 46.0 Å². The van der Waals surface area contributed by atoms with E-state index < -0.39 is 9.84 Å². The van der Waals surface area contributed by atoms with Gasteiger partial charge in [0.1, 0.15) is 6.26 Å². The van der Waals surface area contributed by atoms with Gasteiger partial charge in [-0.05, 0) is 24.3 Å². The number of aromatic nitrogens is 1. The minimum atomic E-state index is -3.14. The first kappa shape index (κ1) is 9.92. The third-order valence-corrected chi connectivity index (χ3v) is 3.09. The van der Waals surface area contributed by atoms with Crippen LogP contribution in [0.25, 0.3) is 11.5 Å². The van der Waals surface area contributed by atoms with Crippen LogP contribution in [-0.2, 0) is 9.84 Å². The van der Waals surface area contributed by atoms with Crippen LogP contribution in [0, 0.1) is 0 Å². The topological polar surface area (TPSA) is 60.2 Å². The van der Waals surface area contributed by atoms with Crippen LogP contribution in [0.2, 0.25) is 0 Å². The molecule has 2 aromatic rings. The minimum absolute atomic E-state index is 0.290. The Labute approximate surface area is 87.5 Å². The lowest BCUT2D eigenvalue weighted by Gasteiger charge is -1.98. The fourth-order valence-electron chi connectivity index (χ4n) is 1.21. The molecule has 0 amide bonds. The van der Waals surface area contributed by atoms with E-state index >= 15 is 0 Å². The molecule has 2 rings (SSSR count). The van der Waals surface area contributed by atoms with Crippen molar-refractivity contribution in [2.75, 3.05) is 6.26 Å². The molecule has 4 nitrogen and oxygen atoms in total. The van der Waals surface area contributed by atoms with Crippen LogP contribution in [-0.4, -0.2) is 19.7 Å². The van der Waals surface area contributed by atoms with Crippen LogP contribution in [0.4, 0.5) is 0 Å². The van der Waals surface area contributed by atoms with Gasteiger partial charge in [0.05, 0.1) is 11.1 Å². The first-order valence-electron chi connectivity index (χ1n) is 4.27. The highest BCUT2D eigenvalue weighted by Gasteiger charge is 2.08. The molecular weight excluding hydrogens is 214 g/mol. The molecule has 0 fully saturated rings. The number of nitrogens with zero attached hydrogens (tertiary/aromatic N) is 1. The van der Waals surface area contributed by atoms with Gasteiger partial charge in [-0.25, -0.2) is 13.4 Å². The van der Waals surface area contributed by atoms with Gasteiger partial charge >= 0.3 is 0 Å². The molecule has 1 heterocycles. The highest BCUT2D eigenvalue weighted by molar-refractivity contribution is 7.90. The van der Waals surface area contributed by atoms with Crippen molar-refractivity contribution < 1.29 is 12.8 Å². The highest BCUT2D eigenvalue weighted by Crippen LogP contribution is 2.19. The first-order valence-corrected chi connectivity index (χ1v) is 6.16. The lowest BCUT2D eigenvalue weighted by molar-refractivity contribution is 0.574. The summed E-state index contributed by atoms with van der Waals surface area (Å²) in [7, 11) is -3.14. The second-order valence-electron chi connectivity index (χ2n) is 3.13. The molecule has 78 valence electrons. The molecule has 15 heavy (non-hydrogen) atoms. The summed E-state index contributed by atoms with van der Waals surface area (Å²) in [6, 6.07) is 6.41. The summed E-state index contributed by atoms with van der Waals surface area (Å²) >= 11 is 0. The maximum absolute atomic E-state index is 11.2. The maximum Gasteiger partial charge on any atom is 0.225 e. The quantitative estimate of drug-likeness (QED) is 0.778. The van der Waals surface area contributed by atoms with E-state index in [1.807, 2.05) is 0 Å². The highest BCUT2D eigenvalue weighted by atomic mass is 32.2. The van der Waals surface area contributed by atoms with Gasteiger partial charge in [-0.15, -0.1) is 0 Å². The standard InChI is InChI=1S/C10H9NO3S/c1-15(12,13)9-4-2-8(3-5-9)10-11-6-7-14-10/h2-7H,1H3. The van der Waals surface area contributed by atoms with Crippen LogP contribution in [0.5, 0.6) is 0 Å². The molecule has 0 atom stereocenters. The monoisotopic (exact) mass is 223 g/mol. The molecule has 0 radical (unpaired) electrons. The Balaban J connectivity index is 2.42. The third kappa shape index (κ3) is 2.07. The molecule has 0 spiro atoms. The summed E-state index contributed by atoms with van der Waals surface area (Å²) in [6.45, 7) is 0. The molecule has 0 bridgehead atoms. The predicted molar refractivity (Wildman–Crippen MR) is 55.0 cm³/mol. The Morgan fingerprint density at radius 3 is 2.33 bits per heavy atom. The average Bonchev–Trinajstić information content (AvgIpc) is 2.69. The van der Waals surface area contributed by atoms with Crippen molar-refractivity contribution in [3.05, 3.63) is 36.7 Å². The largest absolute Gasteiger partial charge is 0.445 e. The zero-order valence-corrected chi connectivity index (χ0v) is 8.86. The minimum Gasteiger partial charge on any atom is -0.445 e. The van der Waals surface area contributed by atoms with E-state index in [4.69, 9.17) is 4.42 Å². The molecular formula is C10H9NO3S. The van der Waals surface area contributed by atoms with E-state index in [2.05, 4.69) is 4.98 Å². The summed E-state index contributed by atoms with van der Waals surface area (Å²) in [5.74, 6) is 0.482. The first-order chi connectivity index (χ1) is 7.07. The Bertz CT molecular complexity index is 541. The zero-order valence-electron chi connectivity index (χ0n) is 8.04. The molecule has 1 aromatic heterocycles. The summed E-state index contributed by atoms with van der Waals surface area (Å²) in [6.07, 6.45) is 4.19. The van der Waals surface area contributed by atoms with Crippen molar-refractivity contribution in [1.29, 1.82) is 0 Å². The summed E-state index contributed by atoms with van der Waals surface area (Å²) in [4.78, 5) is 4.25. The van der Waals surface area contributed by atoms with E-state index in [1.165, 1.54) is 24.7 Å². The summed E-state index contributed by atoms with van der Waals surface area (Å²) in [5, 5.41) is 0. The van der Waals surface area contributed by atoms with Gasteiger partial charge in [0.25, 0.3) is 0 Å². The molecule has 0 aliphatic rings. The third-order valence-electron chi connectivity index (χ3n) is 1.96. The van der Waals surface area contributed by atoms with E-state index in [-0.39, 0.29) is 4.90 Å². The lowest BCUT2D eigenvalue weighted by Crippen LogP contribution is -1.96. The van der Waals surface area contributed by atoms with Crippen LogP contribution >= 0.6 is 0 Å². The predicted octanol–water partition coefficient (Wildman–Crippen LogP) is 1.75. The molecule has 0 unspecified atom stereocenters. The second-order valence-corrected chi connectivity index (χ2v) is 5.15. The van der Waals surface area contributed by atoms with Crippen LogP contribution < -0.4 is 0 Å². The van der Waals surface area contributed by atoms with Crippen molar-refractivity contribution >= 4 is 9.84 Å². The Hall–Kier alpha value is -1.62. The average molecular weight is 223 g/mol. The zero-order chi connectivity index (χ0) is 10.9. The van der Waals surface area contributed by atoms with E-state index in [1.54, 1.807) is 18.3 Å². The number of oxazole rings is 1. The smallest absolute Gasteiger partial charge is 0.225 e. The molecule has 5 heteroatoms. The van der Waals surface area contributed by atoms with Gasteiger partial charge in [-0.3, -0.25) is 0 Å². The van der Waals surface area contributed by atoms with E-state index in [0.29, 0.717) is 5.89 Å². The second kappa shape index (κ2) is 3.51. The van der Waals surface area contributed by atoms with Crippen LogP contribution in [0.1, 0.15) is 0 Å². The maximum atomic E-state index is 11.2. The van der Waals surface area contributed by atoms with Gasteiger partial charge in [0.15, 0.2) is 9.84 Å². The van der Waals surface area contributed by atoms with Crippen LogP contribution in [0.3, 0.4) is 0 Å². The van der Waals surface area contributed by atoms with Crippen molar-refractivity contribution in [1.82, 2.24) is 4.98 Å². The fraction of sp³-hybridized carbons (Fsp3) is 0.100. The fourth-order valence-corrected chi connectivity index (χ4v) is 1.84. The number of benzene rings is 1. The number of hydrogen-bond acceptors (Lipinski definition) is 4. The molecule has 0 saturated heterocycles. The van der Waals surface area contributed by atoms with Gasteiger partial charge in [-0.1, -0.05) is 0 Å². The van der Waals surface area contributed by atoms with Crippen molar-refractivity contribution in [3.63, 3.8) is 0 Å². The SMILES string of the molecule is CS(=O)(=O)c1ccc(-c2ncco2)cc1. The van der Waals surface area contributed by atoms with Crippen molar-refractivity contribution in [2.45, 2.75) is 4.90 Å². The van der Waals surface area contributed by atoms with E-state index in [9.17, 15) is 8.42 Å². The number of hydrogen-bond donors (Lipinski definition) is 0. The van der Waals surface area contributed by atoms with Gasteiger partial charge in [0, 0.05) is 11.8 Å². The lowest BCUT2D eigenvalue weighted by atomic mass is 10.2. The Morgan fingerprint density at radius 2 is 1.87 bits per heavy atom. The Morgan fingerprint density at radius 1 is 1.20 bits per heavy atom. The Kier molecular flexibility index (Phi) is 2.32. The van der Waals surface area contributed by atoms with Crippen molar-refractivity contribution in [2.24, 2.45) is 0 Å². The number of rotatable bonds is 2. The molecule has 1 aromatic carbocycles. The van der Waals surface area contributed by atoms with Gasteiger partial charge in [-0.2, -0.15) is 0 Å². The molecule has 0 saturated carbocycles. The van der Waals surface area contributed by atoms with Gasteiger partial charge < -0.3 is 4.42 Å². The molecule has 0 aliphatic carbocycles. The summed E-state index contributed by atoms with van der Waals surface area (Å²) in [5.41, 5.74) is 0.757. The molecule has 0 aliphatic heterocycles. The summed E-state index contributed by atoms with van der Waals surface area (Å²) < 4.78 is 27.5. The normalized spacial score (nSPS) is 11.5. The van der Waals surface area contributed by atoms with Crippen molar-refractivity contribution in [3.8, 4) is 11.5 Å². The molecule has 0 N–H and O–H groups in total. The van der Waals surface area contributed by atoms with E-state index in [0.717, 1.165) is 5.56 Å². The van der Waals surface area contributed by atoms with Gasteiger partial charge in [0.2, 0.25) is 5.89 Å².